The number of aromatic hydroxyl groups is 1. The summed E-state index contributed by atoms with van der Waals surface area (Å²) < 4.78 is 0. The van der Waals surface area contributed by atoms with Crippen LogP contribution < -0.4 is 0 Å². The van der Waals surface area contributed by atoms with Gasteiger partial charge < -0.3 is 10.0 Å². The van der Waals surface area contributed by atoms with Gasteiger partial charge in [-0.25, -0.2) is 0 Å². The van der Waals surface area contributed by atoms with Crippen molar-refractivity contribution in [2.75, 3.05) is 13.6 Å². The maximum absolute atomic E-state index is 9.75. The van der Waals surface area contributed by atoms with Crippen LogP contribution in [0, 0.1) is 5.92 Å². The Kier molecular flexibility index (Phi) is 2.86. The molecule has 2 aliphatic rings. The monoisotopic (exact) mass is 245 g/mol. The minimum Gasteiger partial charge on any atom is -0.508 e. The number of hydrogen-bond acceptors (Lipinski definition) is 2. The first kappa shape index (κ1) is 12.0. The van der Waals surface area contributed by atoms with Gasteiger partial charge in [0, 0.05) is 6.04 Å². The van der Waals surface area contributed by atoms with Crippen LogP contribution in [0.25, 0.3) is 0 Å². The Morgan fingerprint density at radius 2 is 2.17 bits per heavy atom. The number of fused-ring (bicyclic) bond motifs is 2. The molecule has 2 bridgehead atoms. The number of benzene rings is 1. The summed E-state index contributed by atoms with van der Waals surface area (Å²) in [7, 11) is 2.26. The van der Waals surface area contributed by atoms with Crippen LogP contribution >= 0.6 is 0 Å². The summed E-state index contributed by atoms with van der Waals surface area (Å²) in [4.78, 5) is 2.52. The van der Waals surface area contributed by atoms with Crippen LogP contribution in [0.1, 0.15) is 38.2 Å². The van der Waals surface area contributed by atoms with Crippen molar-refractivity contribution in [1.29, 1.82) is 0 Å². The second-order valence-corrected chi connectivity index (χ2v) is 6.46. The molecule has 0 radical (unpaired) electrons. The van der Waals surface area contributed by atoms with Crippen LogP contribution in [0.2, 0.25) is 0 Å². The Labute approximate surface area is 110 Å². The first-order valence-electron chi connectivity index (χ1n) is 7.09. The van der Waals surface area contributed by atoms with E-state index in [1.165, 1.54) is 37.8 Å². The summed E-state index contributed by atoms with van der Waals surface area (Å²) in [5.74, 6) is 1.20. The molecule has 2 heteroatoms. The summed E-state index contributed by atoms with van der Waals surface area (Å²) >= 11 is 0. The molecule has 2 nitrogen and oxygen atoms in total. The number of hydrogen-bond donors (Lipinski definition) is 1. The molecule has 1 aromatic carbocycles. The second kappa shape index (κ2) is 4.27. The largest absolute Gasteiger partial charge is 0.508 e. The van der Waals surface area contributed by atoms with E-state index in [9.17, 15) is 5.11 Å². The summed E-state index contributed by atoms with van der Waals surface area (Å²) in [6.07, 6.45) is 5.10. The van der Waals surface area contributed by atoms with E-state index in [1.54, 1.807) is 6.07 Å². The molecule has 3 rings (SSSR count). The van der Waals surface area contributed by atoms with Gasteiger partial charge in [0.15, 0.2) is 0 Å². The van der Waals surface area contributed by atoms with E-state index in [0.29, 0.717) is 11.2 Å². The molecule has 1 aromatic rings. The predicted octanol–water partition coefficient (Wildman–Crippen LogP) is 3.15. The van der Waals surface area contributed by atoms with E-state index >= 15 is 0 Å². The van der Waals surface area contributed by atoms with E-state index in [4.69, 9.17) is 0 Å². The number of rotatable bonds is 1. The first-order chi connectivity index (χ1) is 8.59. The Balaban J connectivity index is 1.97. The minimum absolute atomic E-state index is 0.313. The maximum Gasteiger partial charge on any atom is 0.115 e. The lowest BCUT2D eigenvalue weighted by molar-refractivity contribution is 0.0466. The maximum atomic E-state index is 9.75. The van der Waals surface area contributed by atoms with Gasteiger partial charge in [0.1, 0.15) is 5.75 Å². The zero-order valence-corrected chi connectivity index (χ0v) is 11.4. The molecule has 18 heavy (non-hydrogen) atoms. The second-order valence-electron chi connectivity index (χ2n) is 6.46. The normalized spacial score (nSPS) is 36.6. The molecule has 2 fully saturated rings. The van der Waals surface area contributed by atoms with Crippen molar-refractivity contribution < 1.29 is 5.11 Å². The van der Waals surface area contributed by atoms with Gasteiger partial charge in [-0.05, 0) is 68.3 Å². The van der Waals surface area contributed by atoms with Gasteiger partial charge in [0.2, 0.25) is 0 Å². The molecule has 1 N–H and O–H groups in total. The number of likely N-dealkylation sites (tertiary alicyclic amines) is 1. The Morgan fingerprint density at radius 1 is 1.33 bits per heavy atom. The SMILES string of the molecule is C[C@H]1C[C@H]2C[C@](c3cccc(O)c3)(CCN2C)C1. The van der Waals surface area contributed by atoms with Gasteiger partial charge in [-0.2, -0.15) is 0 Å². The van der Waals surface area contributed by atoms with Gasteiger partial charge >= 0.3 is 0 Å². The van der Waals surface area contributed by atoms with E-state index in [0.717, 1.165) is 12.0 Å². The van der Waals surface area contributed by atoms with Crippen molar-refractivity contribution in [3.8, 4) is 5.75 Å². The quantitative estimate of drug-likeness (QED) is 0.821. The standard InChI is InChI=1S/C16H23NO/c1-12-8-14-11-16(10-12,6-7-17(14)2)13-4-3-5-15(18)9-13/h3-5,9,12,14,18H,6-8,10-11H2,1-2H3/t12-,14-,16-/m0/s1. The predicted molar refractivity (Wildman–Crippen MR) is 73.8 cm³/mol. The topological polar surface area (TPSA) is 23.5 Å². The fraction of sp³-hybridized carbons (Fsp3) is 0.625. The zero-order valence-electron chi connectivity index (χ0n) is 11.4. The Morgan fingerprint density at radius 3 is 2.94 bits per heavy atom. The van der Waals surface area contributed by atoms with Gasteiger partial charge in [0.05, 0.1) is 0 Å². The summed E-state index contributed by atoms with van der Waals surface area (Å²) in [5, 5.41) is 9.75. The lowest BCUT2D eigenvalue weighted by atomic mass is 9.61. The molecule has 1 aliphatic carbocycles. The third-order valence-electron chi connectivity index (χ3n) is 5.06. The van der Waals surface area contributed by atoms with E-state index in [-0.39, 0.29) is 0 Å². The highest BCUT2D eigenvalue weighted by atomic mass is 16.3. The average Bonchev–Trinajstić information content (AvgIpc) is 2.34. The van der Waals surface area contributed by atoms with Crippen molar-refractivity contribution in [2.45, 2.75) is 44.1 Å². The van der Waals surface area contributed by atoms with Gasteiger partial charge in [-0.3, -0.25) is 0 Å². The van der Waals surface area contributed by atoms with Crippen LogP contribution in [0.4, 0.5) is 0 Å². The van der Waals surface area contributed by atoms with Crippen LogP contribution in [0.3, 0.4) is 0 Å². The van der Waals surface area contributed by atoms with Crippen LogP contribution in [-0.2, 0) is 5.41 Å². The summed E-state index contributed by atoms with van der Waals surface area (Å²) in [6.45, 7) is 3.57. The molecule has 1 saturated heterocycles. The zero-order chi connectivity index (χ0) is 12.8. The molecule has 1 saturated carbocycles. The third kappa shape index (κ3) is 1.93. The first-order valence-corrected chi connectivity index (χ1v) is 7.09. The highest BCUT2D eigenvalue weighted by molar-refractivity contribution is 5.34. The molecule has 1 aliphatic heterocycles. The molecule has 0 unspecified atom stereocenters. The van der Waals surface area contributed by atoms with Crippen LogP contribution in [-0.4, -0.2) is 29.6 Å². The third-order valence-corrected chi connectivity index (χ3v) is 5.06. The summed E-state index contributed by atoms with van der Waals surface area (Å²) in [5.41, 5.74) is 1.67. The molecule has 3 atom stereocenters. The summed E-state index contributed by atoms with van der Waals surface area (Å²) in [6, 6.07) is 8.69. The molecular formula is C16H23NO. The highest BCUT2D eigenvalue weighted by Gasteiger charge is 2.44. The Hall–Kier alpha value is -1.02. The molecule has 98 valence electrons. The molecule has 1 heterocycles. The lowest BCUT2D eigenvalue weighted by Crippen LogP contribution is -2.52. The number of piperidine rings is 1. The Bertz CT molecular complexity index is 444. The van der Waals surface area contributed by atoms with E-state index in [1.807, 2.05) is 12.1 Å². The number of phenols is 1. The fourth-order valence-corrected chi connectivity index (χ4v) is 4.16. The van der Waals surface area contributed by atoms with Crippen LogP contribution in [0.15, 0.2) is 24.3 Å². The minimum atomic E-state index is 0.313. The van der Waals surface area contributed by atoms with Gasteiger partial charge in [-0.15, -0.1) is 0 Å². The van der Waals surface area contributed by atoms with E-state index < -0.39 is 0 Å². The molecule has 0 aromatic heterocycles. The van der Waals surface area contributed by atoms with Crippen molar-refractivity contribution in [3.63, 3.8) is 0 Å². The number of phenolic OH excluding ortho intramolecular Hbond substituents is 1. The van der Waals surface area contributed by atoms with Gasteiger partial charge in [-0.1, -0.05) is 19.1 Å². The molecule has 0 spiro atoms. The van der Waals surface area contributed by atoms with Crippen LogP contribution in [0.5, 0.6) is 5.75 Å². The highest BCUT2D eigenvalue weighted by Crippen LogP contribution is 2.48. The smallest absolute Gasteiger partial charge is 0.115 e. The molecule has 0 amide bonds. The molecular weight excluding hydrogens is 222 g/mol. The van der Waals surface area contributed by atoms with Crippen molar-refractivity contribution >= 4 is 0 Å². The van der Waals surface area contributed by atoms with E-state index in [2.05, 4.69) is 24.9 Å². The van der Waals surface area contributed by atoms with Crippen molar-refractivity contribution in [2.24, 2.45) is 5.92 Å². The van der Waals surface area contributed by atoms with Crippen molar-refractivity contribution in [1.82, 2.24) is 4.90 Å². The number of nitrogens with zero attached hydrogens (tertiary/aromatic N) is 1. The van der Waals surface area contributed by atoms with Crippen molar-refractivity contribution in [3.05, 3.63) is 29.8 Å². The van der Waals surface area contributed by atoms with Gasteiger partial charge in [0.25, 0.3) is 0 Å². The lowest BCUT2D eigenvalue weighted by Gasteiger charge is -2.52. The fourth-order valence-electron chi connectivity index (χ4n) is 4.16. The average molecular weight is 245 g/mol.